The van der Waals surface area contributed by atoms with E-state index in [1.807, 2.05) is 25.2 Å². The Morgan fingerprint density at radius 2 is 1.86 bits per heavy atom. The van der Waals surface area contributed by atoms with Gasteiger partial charge in [-0.2, -0.15) is 5.10 Å². The third-order valence-corrected chi connectivity index (χ3v) is 3.61. The largest absolute Gasteiger partial charge is 0.373 e. The fourth-order valence-corrected chi connectivity index (χ4v) is 2.49. The maximum absolute atomic E-state index is 4.38. The molecule has 1 N–H and O–H groups in total. The third-order valence-electron chi connectivity index (χ3n) is 3.61. The maximum Gasteiger partial charge on any atom is 0.151 e. The zero-order valence-corrected chi connectivity index (χ0v) is 12.1. The zero-order valence-electron chi connectivity index (χ0n) is 12.1. The highest BCUT2D eigenvalue weighted by Gasteiger charge is 2.17. The molecule has 1 aliphatic rings. The second-order valence-corrected chi connectivity index (χ2v) is 4.92. The Labute approximate surface area is 124 Å². The molecule has 2 aromatic rings. The predicted octanol–water partition coefficient (Wildman–Crippen LogP) is 1.02. The van der Waals surface area contributed by atoms with Crippen LogP contribution in [0.5, 0.6) is 0 Å². The fourth-order valence-electron chi connectivity index (χ4n) is 2.49. The highest BCUT2D eigenvalue weighted by atomic mass is 15.3. The lowest BCUT2D eigenvalue weighted by atomic mass is 10.3. The van der Waals surface area contributed by atoms with Crippen LogP contribution in [0.4, 0.5) is 17.5 Å². The van der Waals surface area contributed by atoms with Gasteiger partial charge in [0.15, 0.2) is 5.82 Å². The maximum atomic E-state index is 4.38. The average Bonchev–Trinajstić information content (AvgIpc) is 2.82. The van der Waals surface area contributed by atoms with Crippen LogP contribution in [0.1, 0.15) is 6.42 Å². The van der Waals surface area contributed by atoms with Crippen molar-refractivity contribution in [3.8, 4) is 0 Å². The number of anilines is 3. The van der Waals surface area contributed by atoms with Gasteiger partial charge in [0.1, 0.15) is 18.0 Å². The summed E-state index contributed by atoms with van der Waals surface area (Å²) in [4.78, 5) is 13.1. The summed E-state index contributed by atoms with van der Waals surface area (Å²) in [5, 5.41) is 11.2. The normalized spacial score (nSPS) is 15.7. The SMILES string of the molecule is CNc1cc(N2CCCN(c3cccnn3)CC2)ncn1. The van der Waals surface area contributed by atoms with Crippen molar-refractivity contribution >= 4 is 17.5 Å². The Kier molecular flexibility index (Phi) is 4.09. The molecule has 0 saturated carbocycles. The summed E-state index contributed by atoms with van der Waals surface area (Å²) < 4.78 is 0. The average molecular weight is 285 g/mol. The first-order chi connectivity index (χ1) is 10.4. The summed E-state index contributed by atoms with van der Waals surface area (Å²) in [5.41, 5.74) is 0. The lowest BCUT2D eigenvalue weighted by Crippen LogP contribution is -2.31. The molecule has 3 heterocycles. The molecule has 1 aliphatic heterocycles. The van der Waals surface area contributed by atoms with Crippen LogP contribution < -0.4 is 15.1 Å². The predicted molar refractivity (Wildman–Crippen MR) is 82.7 cm³/mol. The lowest BCUT2D eigenvalue weighted by molar-refractivity contribution is 0.785. The third kappa shape index (κ3) is 3.18. The summed E-state index contributed by atoms with van der Waals surface area (Å²) in [6.45, 7) is 3.80. The molecule has 0 amide bonds. The molecule has 7 nitrogen and oxygen atoms in total. The van der Waals surface area contributed by atoms with E-state index in [0.29, 0.717) is 0 Å². The zero-order chi connectivity index (χ0) is 14.5. The van der Waals surface area contributed by atoms with Gasteiger partial charge in [0.25, 0.3) is 0 Å². The van der Waals surface area contributed by atoms with E-state index in [0.717, 1.165) is 50.1 Å². The van der Waals surface area contributed by atoms with Gasteiger partial charge in [-0.3, -0.25) is 0 Å². The Morgan fingerprint density at radius 3 is 2.57 bits per heavy atom. The van der Waals surface area contributed by atoms with Crippen LogP contribution in [0.3, 0.4) is 0 Å². The number of hydrogen-bond donors (Lipinski definition) is 1. The van der Waals surface area contributed by atoms with Crippen molar-refractivity contribution in [3.05, 3.63) is 30.7 Å². The minimum absolute atomic E-state index is 0.843. The Morgan fingerprint density at radius 1 is 1.05 bits per heavy atom. The molecular formula is C14H19N7. The molecule has 1 fully saturated rings. The van der Waals surface area contributed by atoms with E-state index < -0.39 is 0 Å². The molecule has 0 aromatic carbocycles. The van der Waals surface area contributed by atoms with Gasteiger partial charge in [-0.25, -0.2) is 9.97 Å². The van der Waals surface area contributed by atoms with Crippen molar-refractivity contribution in [3.63, 3.8) is 0 Å². The van der Waals surface area contributed by atoms with Crippen molar-refractivity contribution in [2.45, 2.75) is 6.42 Å². The lowest BCUT2D eigenvalue weighted by Gasteiger charge is -2.23. The van der Waals surface area contributed by atoms with E-state index in [1.165, 1.54) is 0 Å². The molecule has 7 heteroatoms. The fraction of sp³-hybridized carbons (Fsp3) is 0.429. The molecule has 3 rings (SSSR count). The first kappa shape index (κ1) is 13.5. The van der Waals surface area contributed by atoms with Gasteiger partial charge in [-0.1, -0.05) is 0 Å². The number of nitrogens with one attached hydrogen (secondary N) is 1. The number of aromatic nitrogens is 4. The van der Waals surface area contributed by atoms with Crippen LogP contribution in [-0.4, -0.2) is 53.4 Å². The minimum Gasteiger partial charge on any atom is -0.373 e. The first-order valence-electron chi connectivity index (χ1n) is 7.14. The van der Waals surface area contributed by atoms with Gasteiger partial charge in [-0.05, 0) is 18.6 Å². The van der Waals surface area contributed by atoms with Crippen LogP contribution in [0, 0.1) is 0 Å². The minimum atomic E-state index is 0.843. The van der Waals surface area contributed by atoms with Crippen LogP contribution in [-0.2, 0) is 0 Å². The van der Waals surface area contributed by atoms with Gasteiger partial charge < -0.3 is 15.1 Å². The van der Waals surface area contributed by atoms with Crippen molar-refractivity contribution in [2.24, 2.45) is 0 Å². The summed E-state index contributed by atoms with van der Waals surface area (Å²) in [6, 6.07) is 5.92. The summed E-state index contributed by atoms with van der Waals surface area (Å²) in [7, 11) is 1.87. The van der Waals surface area contributed by atoms with Crippen LogP contribution >= 0.6 is 0 Å². The van der Waals surface area contributed by atoms with Crippen LogP contribution in [0.15, 0.2) is 30.7 Å². The number of nitrogens with zero attached hydrogens (tertiary/aromatic N) is 6. The van der Waals surface area contributed by atoms with Crippen molar-refractivity contribution in [1.29, 1.82) is 0 Å². The Balaban J connectivity index is 1.70. The molecule has 21 heavy (non-hydrogen) atoms. The molecule has 0 unspecified atom stereocenters. The first-order valence-corrected chi connectivity index (χ1v) is 7.14. The number of rotatable bonds is 3. The van der Waals surface area contributed by atoms with Gasteiger partial charge in [0.2, 0.25) is 0 Å². The molecule has 0 bridgehead atoms. The van der Waals surface area contributed by atoms with E-state index in [1.54, 1.807) is 12.5 Å². The van der Waals surface area contributed by atoms with Crippen LogP contribution in [0.2, 0.25) is 0 Å². The molecule has 0 radical (unpaired) electrons. The monoisotopic (exact) mass is 285 g/mol. The molecule has 110 valence electrons. The standard InChI is InChI=1S/C14H19N7/c1-15-12-10-14(17-11-16-12)21-7-3-6-20(8-9-21)13-4-2-5-18-19-13/h2,4-5,10-11H,3,6-9H2,1H3,(H,15,16,17). The van der Waals surface area contributed by atoms with Crippen molar-refractivity contribution in [2.75, 3.05) is 48.3 Å². The van der Waals surface area contributed by atoms with Gasteiger partial charge in [-0.15, -0.1) is 5.10 Å². The van der Waals surface area contributed by atoms with Crippen molar-refractivity contribution in [1.82, 2.24) is 20.2 Å². The van der Waals surface area contributed by atoms with Gasteiger partial charge in [0, 0.05) is 45.5 Å². The molecular weight excluding hydrogens is 266 g/mol. The Bertz CT molecular complexity index is 575. The summed E-state index contributed by atoms with van der Waals surface area (Å²) >= 11 is 0. The van der Waals surface area contributed by atoms with E-state index >= 15 is 0 Å². The smallest absolute Gasteiger partial charge is 0.151 e. The highest BCUT2D eigenvalue weighted by molar-refractivity contribution is 5.49. The summed E-state index contributed by atoms with van der Waals surface area (Å²) in [6.07, 6.45) is 4.37. The topological polar surface area (TPSA) is 70.1 Å². The molecule has 1 saturated heterocycles. The van der Waals surface area contributed by atoms with E-state index in [-0.39, 0.29) is 0 Å². The second kappa shape index (κ2) is 6.34. The van der Waals surface area contributed by atoms with Gasteiger partial charge in [0.05, 0.1) is 0 Å². The Hall–Kier alpha value is -2.44. The van der Waals surface area contributed by atoms with E-state index in [9.17, 15) is 0 Å². The van der Waals surface area contributed by atoms with Crippen LogP contribution in [0.25, 0.3) is 0 Å². The van der Waals surface area contributed by atoms with E-state index in [4.69, 9.17) is 0 Å². The highest BCUT2D eigenvalue weighted by Crippen LogP contribution is 2.18. The van der Waals surface area contributed by atoms with E-state index in [2.05, 4.69) is 35.3 Å². The molecule has 0 aliphatic carbocycles. The number of hydrogen-bond acceptors (Lipinski definition) is 7. The second-order valence-electron chi connectivity index (χ2n) is 4.92. The summed E-state index contributed by atoms with van der Waals surface area (Å²) in [5.74, 6) is 2.75. The molecule has 2 aromatic heterocycles. The molecule has 0 spiro atoms. The molecule has 0 atom stereocenters. The quantitative estimate of drug-likeness (QED) is 0.903. The van der Waals surface area contributed by atoms with Gasteiger partial charge >= 0.3 is 0 Å². The van der Waals surface area contributed by atoms with Crippen molar-refractivity contribution < 1.29 is 0 Å².